The number of ketones is 1. The third-order valence-electron chi connectivity index (χ3n) is 8.26. The van der Waals surface area contributed by atoms with Gasteiger partial charge in [0.25, 0.3) is 0 Å². The Balaban J connectivity index is 1.61. The molecule has 1 fully saturated rings. The maximum absolute atomic E-state index is 14.1. The zero-order valence-corrected chi connectivity index (χ0v) is 23.7. The highest BCUT2D eigenvalue weighted by Crippen LogP contribution is 2.50. The quantitative estimate of drug-likeness (QED) is 0.438. The highest BCUT2D eigenvalue weighted by atomic mass is 16.5. The van der Waals surface area contributed by atoms with Crippen molar-refractivity contribution in [1.82, 2.24) is 5.32 Å². The predicted molar refractivity (Wildman–Crippen MR) is 150 cm³/mol. The molecule has 8 nitrogen and oxygen atoms in total. The van der Waals surface area contributed by atoms with E-state index in [1.54, 1.807) is 28.4 Å². The lowest BCUT2D eigenvalue weighted by Crippen LogP contribution is -2.42. The Bertz CT molecular complexity index is 1360. The summed E-state index contributed by atoms with van der Waals surface area (Å²) >= 11 is 0. The predicted octanol–water partition coefficient (Wildman–Crippen LogP) is 5.42. The summed E-state index contributed by atoms with van der Waals surface area (Å²) in [5, 5.41) is 3.41. The van der Waals surface area contributed by atoms with E-state index in [9.17, 15) is 9.59 Å². The Kier molecular flexibility index (Phi) is 8.05. The molecule has 5 rings (SSSR count). The summed E-state index contributed by atoms with van der Waals surface area (Å²) in [5.41, 5.74) is 3.55. The van der Waals surface area contributed by atoms with E-state index in [2.05, 4.69) is 11.4 Å². The van der Waals surface area contributed by atoms with Gasteiger partial charge in [0.05, 0.1) is 39.9 Å². The first-order valence-corrected chi connectivity index (χ1v) is 13.8. The summed E-state index contributed by atoms with van der Waals surface area (Å²) in [6.07, 6.45) is 6.08. The lowest BCUT2D eigenvalue weighted by molar-refractivity contribution is -0.144. The third-order valence-corrected chi connectivity index (χ3v) is 8.26. The van der Waals surface area contributed by atoms with Crippen molar-refractivity contribution in [2.45, 2.75) is 57.0 Å². The number of fused-ring (bicyclic) bond motifs is 1. The van der Waals surface area contributed by atoms with Gasteiger partial charge in [0, 0.05) is 35.2 Å². The number of esters is 1. The van der Waals surface area contributed by atoms with E-state index < -0.39 is 11.8 Å². The fourth-order valence-corrected chi connectivity index (χ4v) is 6.36. The molecule has 40 heavy (non-hydrogen) atoms. The first kappa shape index (κ1) is 27.6. The molecule has 3 unspecified atom stereocenters. The number of benzene rings is 2. The van der Waals surface area contributed by atoms with Crippen LogP contribution in [0.5, 0.6) is 23.0 Å². The van der Waals surface area contributed by atoms with Crippen molar-refractivity contribution in [3.8, 4) is 23.0 Å². The monoisotopic (exact) mass is 547 g/mol. The Morgan fingerprint density at radius 1 is 0.875 bits per heavy atom. The van der Waals surface area contributed by atoms with Crippen LogP contribution in [-0.4, -0.2) is 46.3 Å². The van der Waals surface area contributed by atoms with Gasteiger partial charge in [-0.2, -0.15) is 0 Å². The minimum absolute atomic E-state index is 0.0262. The van der Waals surface area contributed by atoms with E-state index in [1.165, 1.54) is 0 Å². The average molecular weight is 548 g/mol. The van der Waals surface area contributed by atoms with E-state index in [0.717, 1.165) is 42.5 Å². The molecule has 1 saturated carbocycles. The Hall–Kier alpha value is -3.94. The number of ether oxygens (including phenoxy) is 5. The van der Waals surface area contributed by atoms with Crippen LogP contribution in [0.25, 0.3) is 0 Å². The molecule has 0 radical (unpaired) electrons. The summed E-state index contributed by atoms with van der Waals surface area (Å²) < 4.78 is 28.3. The molecule has 0 saturated heterocycles. The molecule has 212 valence electrons. The highest BCUT2D eigenvalue weighted by molar-refractivity contribution is 5.97. The Morgan fingerprint density at radius 3 is 2.27 bits per heavy atom. The van der Waals surface area contributed by atoms with Crippen molar-refractivity contribution in [2.24, 2.45) is 5.92 Å². The fraction of sp³-hybridized carbons (Fsp3) is 0.438. The number of Topliss-reactive ketones (excluding diaryl/α,β-unsaturated/α-hetero) is 1. The summed E-state index contributed by atoms with van der Waals surface area (Å²) in [4.78, 5) is 27.8. The van der Waals surface area contributed by atoms with E-state index in [-0.39, 0.29) is 30.2 Å². The number of hydrogen-bond donors (Lipinski definition) is 1. The van der Waals surface area contributed by atoms with Gasteiger partial charge in [-0.05, 0) is 56.4 Å². The largest absolute Gasteiger partial charge is 0.493 e. The molecule has 0 aromatic heterocycles. The van der Waals surface area contributed by atoms with Gasteiger partial charge < -0.3 is 29.0 Å². The summed E-state index contributed by atoms with van der Waals surface area (Å²) in [5.74, 6) is 0.553. The van der Waals surface area contributed by atoms with Crippen molar-refractivity contribution in [2.75, 3.05) is 28.4 Å². The fourth-order valence-electron chi connectivity index (χ4n) is 6.36. The summed E-state index contributed by atoms with van der Waals surface area (Å²) in [6.45, 7) is 1.87. The molecule has 2 aliphatic carbocycles. The maximum atomic E-state index is 14.1. The van der Waals surface area contributed by atoms with Gasteiger partial charge in [0.2, 0.25) is 0 Å². The van der Waals surface area contributed by atoms with Gasteiger partial charge >= 0.3 is 5.97 Å². The number of methoxy groups -OCH3 is 4. The van der Waals surface area contributed by atoms with E-state index in [1.807, 2.05) is 43.3 Å². The van der Waals surface area contributed by atoms with Crippen molar-refractivity contribution in [3.05, 3.63) is 70.6 Å². The molecule has 1 N–H and O–H groups in total. The minimum Gasteiger partial charge on any atom is -0.493 e. The molecular formula is C32H37NO7. The first-order valence-electron chi connectivity index (χ1n) is 13.8. The Labute approximate surface area is 235 Å². The zero-order chi connectivity index (χ0) is 28.4. The smallest absolute Gasteiger partial charge is 0.336 e. The standard InChI is InChI=1S/C32H37NO7/c1-18-28(32(35)40-21-9-6-7-10-21)29(22-11-8-12-26(37-3)31(22)39-5)30-23(33-18)15-20(16-24(30)34)19-13-14-25(36-2)27(17-19)38-4/h8,11-15,17,20-21,29-30,33H,6-7,9-10,16H2,1-5H3. The molecule has 2 aromatic rings. The number of rotatable bonds is 8. The van der Waals surface area contributed by atoms with Gasteiger partial charge in [-0.3, -0.25) is 4.79 Å². The van der Waals surface area contributed by atoms with Crippen molar-refractivity contribution in [1.29, 1.82) is 0 Å². The Morgan fingerprint density at radius 2 is 1.60 bits per heavy atom. The molecule has 1 aliphatic heterocycles. The van der Waals surface area contributed by atoms with E-state index in [0.29, 0.717) is 34.3 Å². The van der Waals surface area contributed by atoms with Crippen LogP contribution < -0.4 is 24.3 Å². The second-order valence-corrected chi connectivity index (χ2v) is 10.5. The molecule has 2 aromatic carbocycles. The average Bonchev–Trinajstić information content (AvgIpc) is 3.48. The van der Waals surface area contributed by atoms with Crippen molar-refractivity contribution >= 4 is 11.8 Å². The van der Waals surface area contributed by atoms with Crippen LogP contribution in [0, 0.1) is 5.92 Å². The molecule has 1 heterocycles. The van der Waals surface area contributed by atoms with Crippen LogP contribution in [-0.2, 0) is 14.3 Å². The van der Waals surface area contributed by atoms with Crippen LogP contribution in [0.15, 0.2) is 59.4 Å². The molecule has 0 spiro atoms. The number of nitrogens with one attached hydrogen (secondary N) is 1. The van der Waals surface area contributed by atoms with Crippen molar-refractivity contribution in [3.63, 3.8) is 0 Å². The van der Waals surface area contributed by atoms with Gasteiger partial charge in [-0.1, -0.05) is 24.3 Å². The summed E-state index contributed by atoms with van der Waals surface area (Å²) in [6, 6.07) is 11.3. The molecule has 0 bridgehead atoms. The minimum atomic E-state index is -0.604. The number of para-hydroxylation sites is 1. The summed E-state index contributed by atoms with van der Waals surface area (Å²) in [7, 11) is 6.34. The lowest BCUT2D eigenvalue weighted by Gasteiger charge is -2.40. The first-order chi connectivity index (χ1) is 19.4. The van der Waals surface area contributed by atoms with Crippen LogP contribution in [0.1, 0.15) is 62.0 Å². The van der Waals surface area contributed by atoms with Gasteiger partial charge in [0.1, 0.15) is 11.9 Å². The van der Waals surface area contributed by atoms with Crippen LogP contribution >= 0.6 is 0 Å². The lowest BCUT2D eigenvalue weighted by atomic mass is 9.68. The normalized spacial score (nSPS) is 22.7. The van der Waals surface area contributed by atoms with Gasteiger partial charge in [0.15, 0.2) is 23.0 Å². The van der Waals surface area contributed by atoms with E-state index >= 15 is 0 Å². The molecule has 3 aliphatic rings. The molecule has 3 atom stereocenters. The van der Waals surface area contributed by atoms with Crippen LogP contribution in [0.4, 0.5) is 0 Å². The van der Waals surface area contributed by atoms with E-state index in [4.69, 9.17) is 23.7 Å². The topological polar surface area (TPSA) is 92.3 Å². The van der Waals surface area contributed by atoms with Gasteiger partial charge in [-0.25, -0.2) is 4.79 Å². The number of allylic oxidation sites excluding steroid dienone is 3. The number of carbonyl (C=O) groups excluding carboxylic acids is 2. The maximum Gasteiger partial charge on any atom is 0.336 e. The second-order valence-electron chi connectivity index (χ2n) is 10.5. The van der Waals surface area contributed by atoms with Crippen LogP contribution in [0.2, 0.25) is 0 Å². The van der Waals surface area contributed by atoms with Gasteiger partial charge in [-0.15, -0.1) is 0 Å². The second kappa shape index (κ2) is 11.7. The molecule has 8 heteroatoms. The number of carbonyl (C=O) groups is 2. The number of hydrogen-bond acceptors (Lipinski definition) is 8. The SMILES string of the molecule is COc1ccc(C2C=C3NC(C)=C(C(=O)OC4CCCC4)C(c4cccc(OC)c4OC)C3C(=O)C2)cc1OC. The molecule has 0 amide bonds. The highest BCUT2D eigenvalue weighted by Gasteiger charge is 2.46. The van der Waals surface area contributed by atoms with Crippen LogP contribution in [0.3, 0.4) is 0 Å². The van der Waals surface area contributed by atoms with Crippen molar-refractivity contribution < 1.29 is 33.3 Å². The molecular weight excluding hydrogens is 510 g/mol. The third kappa shape index (κ3) is 5.03. The zero-order valence-electron chi connectivity index (χ0n) is 23.7.